The molecule has 1 fully saturated rings. The Morgan fingerprint density at radius 1 is 1.46 bits per heavy atom. The van der Waals surface area contributed by atoms with Crippen molar-refractivity contribution in [3.63, 3.8) is 0 Å². The number of alkyl halides is 2. The molecule has 2 atom stereocenters. The molecule has 2 N–H and O–H groups in total. The highest BCUT2D eigenvalue weighted by Crippen LogP contribution is 2.40. The van der Waals surface area contributed by atoms with Crippen molar-refractivity contribution in [2.75, 3.05) is 0 Å². The minimum atomic E-state index is -2.45. The molecule has 0 aromatic heterocycles. The third-order valence-electron chi connectivity index (χ3n) is 3.02. The lowest BCUT2D eigenvalue weighted by molar-refractivity contribution is -0.0900. The maximum absolute atomic E-state index is 13.3. The molecule has 1 aliphatic rings. The maximum Gasteiger partial charge on any atom is 0.251 e. The Bertz CT molecular complexity index is 159. The minimum absolute atomic E-state index is 0.0472. The van der Waals surface area contributed by atoms with Crippen LogP contribution >= 0.6 is 0 Å². The molecule has 0 radical (unpaired) electrons. The molecule has 78 valence electrons. The van der Waals surface area contributed by atoms with Crippen molar-refractivity contribution in [3.05, 3.63) is 0 Å². The van der Waals surface area contributed by atoms with E-state index in [1.165, 1.54) is 0 Å². The van der Waals surface area contributed by atoms with Gasteiger partial charge in [0.2, 0.25) is 0 Å². The number of hydrogen-bond acceptors (Lipinski definition) is 1. The Labute approximate surface area is 78.7 Å². The first-order valence-corrected chi connectivity index (χ1v) is 5.19. The van der Waals surface area contributed by atoms with Crippen LogP contribution in [0.3, 0.4) is 0 Å². The fraction of sp³-hybridized carbons (Fsp3) is 1.00. The molecule has 1 aliphatic carbocycles. The third kappa shape index (κ3) is 2.90. The van der Waals surface area contributed by atoms with Crippen molar-refractivity contribution in [1.82, 2.24) is 0 Å². The molecule has 0 aromatic carbocycles. The molecule has 1 rings (SSSR count). The molecule has 0 aliphatic heterocycles. The fourth-order valence-electron chi connectivity index (χ4n) is 1.99. The van der Waals surface area contributed by atoms with Crippen LogP contribution in [0.5, 0.6) is 0 Å². The van der Waals surface area contributed by atoms with Crippen LogP contribution < -0.4 is 5.73 Å². The standard InChI is InChI=1S/C10H19F2N/c1-2-9(13)7-8-5-3-4-6-10(8,11)12/h8-9H,2-7,13H2,1H3. The lowest BCUT2D eigenvalue weighted by Crippen LogP contribution is -2.36. The topological polar surface area (TPSA) is 26.0 Å². The summed E-state index contributed by atoms with van der Waals surface area (Å²) in [5.74, 6) is -2.92. The first kappa shape index (κ1) is 10.9. The average Bonchev–Trinajstić information content (AvgIpc) is 2.08. The summed E-state index contributed by atoms with van der Waals surface area (Å²) < 4.78 is 26.6. The van der Waals surface area contributed by atoms with E-state index in [4.69, 9.17) is 5.73 Å². The van der Waals surface area contributed by atoms with Crippen LogP contribution in [0.15, 0.2) is 0 Å². The van der Waals surface area contributed by atoms with Crippen molar-refractivity contribution < 1.29 is 8.78 Å². The van der Waals surface area contributed by atoms with Gasteiger partial charge in [0.15, 0.2) is 0 Å². The Morgan fingerprint density at radius 2 is 2.15 bits per heavy atom. The molecular weight excluding hydrogens is 172 g/mol. The van der Waals surface area contributed by atoms with Crippen LogP contribution in [-0.4, -0.2) is 12.0 Å². The highest BCUT2D eigenvalue weighted by molar-refractivity contribution is 4.84. The number of nitrogens with two attached hydrogens (primary N) is 1. The monoisotopic (exact) mass is 191 g/mol. The van der Waals surface area contributed by atoms with Crippen molar-refractivity contribution in [2.45, 2.75) is 57.4 Å². The Hall–Kier alpha value is -0.180. The molecule has 2 unspecified atom stereocenters. The maximum atomic E-state index is 13.3. The van der Waals surface area contributed by atoms with Crippen LogP contribution in [0.1, 0.15) is 45.4 Å². The van der Waals surface area contributed by atoms with E-state index in [-0.39, 0.29) is 12.5 Å². The van der Waals surface area contributed by atoms with E-state index >= 15 is 0 Å². The van der Waals surface area contributed by atoms with Gasteiger partial charge in [0.1, 0.15) is 0 Å². The van der Waals surface area contributed by atoms with Crippen molar-refractivity contribution >= 4 is 0 Å². The molecule has 0 aromatic rings. The first-order valence-electron chi connectivity index (χ1n) is 5.19. The second-order valence-corrected chi connectivity index (χ2v) is 4.11. The average molecular weight is 191 g/mol. The van der Waals surface area contributed by atoms with Crippen molar-refractivity contribution in [3.8, 4) is 0 Å². The first-order chi connectivity index (χ1) is 6.06. The quantitative estimate of drug-likeness (QED) is 0.729. The Balaban J connectivity index is 2.46. The fourth-order valence-corrected chi connectivity index (χ4v) is 1.99. The van der Waals surface area contributed by atoms with Crippen LogP contribution in [0.25, 0.3) is 0 Å². The second-order valence-electron chi connectivity index (χ2n) is 4.11. The summed E-state index contributed by atoms with van der Waals surface area (Å²) in [7, 11) is 0. The summed E-state index contributed by atoms with van der Waals surface area (Å²) in [6.07, 6.45) is 3.62. The van der Waals surface area contributed by atoms with Gasteiger partial charge in [-0.3, -0.25) is 0 Å². The van der Waals surface area contributed by atoms with Gasteiger partial charge in [-0.25, -0.2) is 8.78 Å². The summed E-state index contributed by atoms with van der Waals surface area (Å²) in [6, 6.07) is -0.0472. The molecule has 1 nitrogen and oxygen atoms in total. The molecule has 3 heteroatoms. The molecule has 13 heavy (non-hydrogen) atoms. The lowest BCUT2D eigenvalue weighted by atomic mass is 9.81. The number of rotatable bonds is 3. The minimum Gasteiger partial charge on any atom is -0.328 e. The molecule has 0 amide bonds. The zero-order chi connectivity index (χ0) is 9.90. The van der Waals surface area contributed by atoms with Gasteiger partial charge in [0, 0.05) is 18.4 Å². The zero-order valence-corrected chi connectivity index (χ0v) is 8.23. The van der Waals surface area contributed by atoms with Crippen LogP contribution in [0, 0.1) is 5.92 Å². The predicted molar refractivity (Wildman–Crippen MR) is 49.8 cm³/mol. The summed E-state index contributed by atoms with van der Waals surface area (Å²) in [4.78, 5) is 0. The Kier molecular flexibility index (Phi) is 3.65. The smallest absolute Gasteiger partial charge is 0.251 e. The third-order valence-corrected chi connectivity index (χ3v) is 3.02. The molecule has 1 saturated carbocycles. The largest absolute Gasteiger partial charge is 0.328 e. The normalized spacial score (nSPS) is 30.0. The van der Waals surface area contributed by atoms with Gasteiger partial charge in [-0.1, -0.05) is 13.3 Å². The van der Waals surface area contributed by atoms with Gasteiger partial charge in [0.25, 0.3) is 5.92 Å². The van der Waals surface area contributed by atoms with Crippen molar-refractivity contribution in [1.29, 1.82) is 0 Å². The van der Waals surface area contributed by atoms with Gasteiger partial charge in [0.05, 0.1) is 0 Å². The summed E-state index contributed by atoms with van der Waals surface area (Å²) in [5.41, 5.74) is 5.69. The van der Waals surface area contributed by atoms with Gasteiger partial charge in [-0.2, -0.15) is 0 Å². The van der Waals surface area contributed by atoms with Gasteiger partial charge >= 0.3 is 0 Å². The van der Waals surface area contributed by atoms with E-state index in [2.05, 4.69) is 0 Å². The van der Waals surface area contributed by atoms with E-state index in [9.17, 15) is 8.78 Å². The molecular formula is C10H19F2N. The molecule has 0 heterocycles. The number of halogens is 2. The van der Waals surface area contributed by atoms with Crippen LogP contribution in [0.2, 0.25) is 0 Å². The number of hydrogen-bond donors (Lipinski definition) is 1. The van der Waals surface area contributed by atoms with E-state index < -0.39 is 11.8 Å². The van der Waals surface area contributed by atoms with Crippen molar-refractivity contribution in [2.24, 2.45) is 11.7 Å². The zero-order valence-electron chi connectivity index (χ0n) is 8.23. The van der Waals surface area contributed by atoms with Crippen LogP contribution in [0.4, 0.5) is 8.78 Å². The lowest BCUT2D eigenvalue weighted by Gasteiger charge is -2.32. The highest BCUT2D eigenvalue weighted by atomic mass is 19.3. The van der Waals surface area contributed by atoms with Gasteiger partial charge < -0.3 is 5.73 Å². The molecule has 0 spiro atoms. The SMILES string of the molecule is CCC(N)CC1CCCCC1(F)F. The second kappa shape index (κ2) is 4.36. The molecule has 0 saturated heterocycles. The van der Waals surface area contributed by atoms with E-state index in [0.717, 1.165) is 12.8 Å². The van der Waals surface area contributed by atoms with Gasteiger partial charge in [-0.05, 0) is 25.7 Å². The van der Waals surface area contributed by atoms with E-state index in [1.54, 1.807) is 0 Å². The highest BCUT2D eigenvalue weighted by Gasteiger charge is 2.41. The van der Waals surface area contributed by atoms with Crippen LogP contribution in [-0.2, 0) is 0 Å². The van der Waals surface area contributed by atoms with E-state index in [0.29, 0.717) is 19.3 Å². The Morgan fingerprint density at radius 3 is 2.69 bits per heavy atom. The summed E-state index contributed by atoms with van der Waals surface area (Å²) in [6.45, 7) is 1.95. The summed E-state index contributed by atoms with van der Waals surface area (Å²) >= 11 is 0. The molecule has 0 bridgehead atoms. The van der Waals surface area contributed by atoms with E-state index in [1.807, 2.05) is 6.92 Å². The summed E-state index contributed by atoms with van der Waals surface area (Å²) in [5, 5.41) is 0. The predicted octanol–water partition coefficient (Wildman–Crippen LogP) is 2.94. The van der Waals surface area contributed by atoms with Gasteiger partial charge in [-0.15, -0.1) is 0 Å².